The third-order valence-electron chi connectivity index (χ3n) is 5.69. The van der Waals surface area contributed by atoms with Gasteiger partial charge in [0.1, 0.15) is 0 Å². The first-order chi connectivity index (χ1) is 13.8. The number of furan rings is 1. The van der Waals surface area contributed by atoms with Crippen LogP contribution in [0.25, 0.3) is 0 Å². The largest absolute Gasteiger partial charge is 0.459 e. The quantitative estimate of drug-likeness (QED) is 0.768. The van der Waals surface area contributed by atoms with Gasteiger partial charge in [-0.1, -0.05) is 30.3 Å². The molecule has 6 heteroatoms. The molecular formula is C22H29N3O3. The summed E-state index contributed by atoms with van der Waals surface area (Å²) in [6.45, 7) is 5.94. The second-order valence-corrected chi connectivity index (χ2v) is 7.50. The predicted octanol–water partition coefficient (Wildman–Crippen LogP) is 2.68. The van der Waals surface area contributed by atoms with Crippen LogP contribution in [0.1, 0.15) is 29.0 Å². The van der Waals surface area contributed by atoms with E-state index in [1.165, 1.54) is 5.56 Å². The van der Waals surface area contributed by atoms with Crippen LogP contribution < -0.4 is 0 Å². The minimum Gasteiger partial charge on any atom is -0.459 e. The maximum Gasteiger partial charge on any atom is 0.304 e. The van der Waals surface area contributed by atoms with E-state index in [4.69, 9.17) is 9.15 Å². The molecule has 1 aromatic carbocycles. The summed E-state index contributed by atoms with van der Waals surface area (Å²) in [4.78, 5) is 15.6. The Hall–Kier alpha value is -2.15. The number of benzene rings is 1. The van der Waals surface area contributed by atoms with Gasteiger partial charge in [-0.2, -0.15) is 0 Å². The number of nitrogens with zero attached hydrogens (tertiary/aromatic N) is 3. The number of ether oxygens (including phenoxy) is 1. The standard InChI is InChI=1S/C22H29N3O3/c26-22(21-7-4-16-28-21)25(24-14-17-27-18-15-24)20-9-12-23(13-10-20)11-8-19-5-2-1-3-6-19/h1-7,16,20H,8-15,17-18H2. The van der Waals surface area contributed by atoms with Gasteiger partial charge in [-0.05, 0) is 37.0 Å². The third-order valence-corrected chi connectivity index (χ3v) is 5.69. The van der Waals surface area contributed by atoms with Crippen molar-refractivity contribution in [2.75, 3.05) is 45.9 Å². The first-order valence-electron chi connectivity index (χ1n) is 10.3. The molecule has 0 radical (unpaired) electrons. The van der Waals surface area contributed by atoms with Crippen molar-refractivity contribution in [2.24, 2.45) is 0 Å². The summed E-state index contributed by atoms with van der Waals surface area (Å²) < 4.78 is 10.9. The van der Waals surface area contributed by atoms with Crippen LogP contribution in [0.4, 0.5) is 0 Å². The van der Waals surface area contributed by atoms with E-state index in [2.05, 4.69) is 40.2 Å². The molecule has 2 fully saturated rings. The van der Waals surface area contributed by atoms with Crippen molar-refractivity contribution in [3.8, 4) is 0 Å². The van der Waals surface area contributed by atoms with E-state index >= 15 is 0 Å². The predicted molar refractivity (Wildman–Crippen MR) is 107 cm³/mol. The molecule has 1 amide bonds. The van der Waals surface area contributed by atoms with Gasteiger partial charge in [0, 0.05) is 32.7 Å². The highest BCUT2D eigenvalue weighted by atomic mass is 16.5. The Bertz CT molecular complexity index is 721. The molecule has 2 aliphatic rings. The second-order valence-electron chi connectivity index (χ2n) is 7.50. The van der Waals surface area contributed by atoms with Crippen molar-refractivity contribution in [2.45, 2.75) is 25.3 Å². The summed E-state index contributed by atoms with van der Waals surface area (Å²) in [5.41, 5.74) is 1.38. The lowest BCUT2D eigenvalue weighted by atomic mass is 10.0. The summed E-state index contributed by atoms with van der Waals surface area (Å²) in [5.74, 6) is 0.382. The minimum absolute atomic E-state index is 0.0327. The Labute approximate surface area is 166 Å². The molecule has 2 saturated heterocycles. The van der Waals surface area contributed by atoms with E-state index in [0.717, 1.165) is 52.0 Å². The molecule has 0 N–H and O–H groups in total. The number of hydrogen-bond donors (Lipinski definition) is 0. The molecule has 0 bridgehead atoms. The van der Waals surface area contributed by atoms with E-state index in [1.807, 2.05) is 5.01 Å². The van der Waals surface area contributed by atoms with Gasteiger partial charge in [-0.25, -0.2) is 5.01 Å². The number of rotatable bonds is 6. The molecule has 2 aromatic rings. The molecule has 1 aromatic heterocycles. The Balaban J connectivity index is 1.37. The van der Waals surface area contributed by atoms with Crippen LogP contribution in [-0.2, 0) is 11.2 Å². The number of carbonyl (C=O) groups is 1. The van der Waals surface area contributed by atoms with Gasteiger partial charge in [-0.15, -0.1) is 0 Å². The summed E-state index contributed by atoms with van der Waals surface area (Å²) in [6.07, 6.45) is 4.61. The fraction of sp³-hybridized carbons (Fsp3) is 0.500. The van der Waals surface area contributed by atoms with Crippen molar-refractivity contribution in [1.29, 1.82) is 0 Å². The van der Waals surface area contributed by atoms with Crippen LogP contribution in [0.5, 0.6) is 0 Å². The van der Waals surface area contributed by atoms with Crippen LogP contribution in [0.2, 0.25) is 0 Å². The number of hydrazine groups is 1. The van der Waals surface area contributed by atoms with Crippen LogP contribution in [0, 0.1) is 0 Å². The van der Waals surface area contributed by atoms with Crippen LogP contribution in [0.15, 0.2) is 53.1 Å². The Kier molecular flexibility index (Phi) is 6.41. The average Bonchev–Trinajstić information content (AvgIpc) is 3.30. The van der Waals surface area contributed by atoms with E-state index in [-0.39, 0.29) is 11.9 Å². The average molecular weight is 383 g/mol. The van der Waals surface area contributed by atoms with Gasteiger partial charge >= 0.3 is 5.91 Å². The summed E-state index contributed by atoms with van der Waals surface area (Å²) >= 11 is 0. The molecule has 6 nitrogen and oxygen atoms in total. The molecule has 0 atom stereocenters. The first-order valence-corrected chi connectivity index (χ1v) is 10.3. The molecule has 3 heterocycles. The molecule has 2 aliphatic heterocycles. The lowest BCUT2D eigenvalue weighted by Gasteiger charge is -2.44. The number of hydrogen-bond acceptors (Lipinski definition) is 5. The van der Waals surface area contributed by atoms with Gasteiger partial charge in [0.2, 0.25) is 0 Å². The molecular weight excluding hydrogens is 354 g/mol. The van der Waals surface area contributed by atoms with Crippen molar-refractivity contribution >= 4 is 5.91 Å². The summed E-state index contributed by atoms with van der Waals surface area (Å²) in [5, 5.41) is 4.11. The zero-order valence-electron chi connectivity index (χ0n) is 16.3. The first kappa shape index (κ1) is 19.2. The smallest absolute Gasteiger partial charge is 0.304 e. The maximum absolute atomic E-state index is 13.1. The van der Waals surface area contributed by atoms with Crippen molar-refractivity contribution in [3.63, 3.8) is 0 Å². The summed E-state index contributed by atoms with van der Waals surface area (Å²) in [6, 6.07) is 14.4. The van der Waals surface area contributed by atoms with Gasteiger partial charge in [0.25, 0.3) is 0 Å². The SMILES string of the molecule is O=C(c1ccco1)N(C1CCN(CCc2ccccc2)CC1)N1CCOCC1. The molecule has 4 rings (SSSR count). The van der Waals surface area contributed by atoms with Gasteiger partial charge in [-0.3, -0.25) is 9.80 Å². The number of likely N-dealkylation sites (tertiary alicyclic amines) is 1. The fourth-order valence-corrected chi connectivity index (χ4v) is 4.13. The Morgan fingerprint density at radius 2 is 1.75 bits per heavy atom. The zero-order valence-corrected chi connectivity index (χ0v) is 16.3. The molecule has 0 aliphatic carbocycles. The number of piperidine rings is 1. The summed E-state index contributed by atoms with van der Waals surface area (Å²) in [7, 11) is 0. The molecule has 28 heavy (non-hydrogen) atoms. The van der Waals surface area contributed by atoms with Crippen molar-refractivity contribution in [1.82, 2.24) is 14.9 Å². The monoisotopic (exact) mass is 383 g/mol. The minimum atomic E-state index is -0.0327. The van der Waals surface area contributed by atoms with Crippen molar-refractivity contribution in [3.05, 3.63) is 60.1 Å². The normalized spacial score (nSPS) is 19.6. The number of morpholine rings is 1. The van der Waals surface area contributed by atoms with E-state index in [9.17, 15) is 4.79 Å². The second kappa shape index (κ2) is 9.37. The highest BCUT2D eigenvalue weighted by molar-refractivity contribution is 5.91. The van der Waals surface area contributed by atoms with Gasteiger partial charge < -0.3 is 14.1 Å². The third kappa shape index (κ3) is 4.63. The number of amides is 1. The lowest BCUT2D eigenvalue weighted by molar-refractivity contribution is -0.0979. The molecule has 0 spiro atoms. The van der Waals surface area contributed by atoms with Crippen molar-refractivity contribution < 1.29 is 13.9 Å². The molecule has 150 valence electrons. The van der Waals surface area contributed by atoms with Gasteiger partial charge in [0.15, 0.2) is 5.76 Å². The maximum atomic E-state index is 13.1. The lowest BCUT2D eigenvalue weighted by Crippen LogP contribution is -2.58. The Morgan fingerprint density at radius 3 is 2.43 bits per heavy atom. The van der Waals surface area contributed by atoms with E-state index in [0.29, 0.717) is 19.0 Å². The van der Waals surface area contributed by atoms with E-state index in [1.54, 1.807) is 18.4 Å². The van der Waals surface area contributed by atoms with Crippen LogP contribution in [0.3, 0.4) is 0 Å². The highest BCUT2D eigenvalue weighted by Gasteiger charge is 2.34. The van der Waals surface area contributed by atoms with Crippen LogP contribution >= 0.6 is 0 Å². The zero-order chi connectivity index (χ0) is 19.2. The van der Waals surface area contributed by atoms with Gasteiger partial charge in [0.05, 0.1) is 25.5 Å². The molecule has 0 unspecified atom stereocenters. The number of carbonyl (C=O) groups excluding carboxylic acids is 1. The Morgan fingerprint density at radius 1 is 1.00 bits per heavy atom. The highest BCUT2D eigenvalue weighted by Crippen LogP contribution is 2.22. The van der Waals surface area contributed by atoms with Crippen LogP contribution in [-0.4, -0.2) is 72.8 Å². The molecule has 0 saturated carbocycles. The topological polar surface area (TPSA) is 49.2 Å². The van der Waals surface area contributed by atoms with E-state index < -0.39 is 0 Å². The fourth-order valence-electron chi connectivity index (χ4n) is 4.13.